The molecular formula is C22H22Cl2N6O. The van der Waals surface area contributed by atoms with Crippen LogP contribution in [0, 0.1) is 5.41 Å². The molecule has 0 radical (unpaired) electrons. The second-order valence-corrected chi connectivity index (χ2v) is 9.53. The average molecular weight is 457 g/mol. The van der Waals surface area contributed by atoms with Crippen LogP contribution in [-0.2, 0) is 4.74 Å². The summed E-state index contributed by atoms with van der Waals surface area (Å²) in [6.45, 7) is 4.93. The zero-order valence-corrected chi connectivity index (χ0v) is 18.6. The normalized spacial score (nSPS) is 21.0. The van der Waals surface area contributed by atoms with Crippen LogP contribution in [0.15, 0.2) is 30.6 Å². The van der Waals surface area contributed by atoms with Crippen LogP contribution in [0.2, 0.25) is 10.0 Å². The largest absolute Gasteiger partial charge is 0.378 e. The standard InChI is InChI=1S/C22H22Cl2N6O/c1-13-11-22(12-31-13)5-8-29(9-6-22)21-26-19-16(20-25-7-10-30(20)21)18(27-28-19)14-3-2-4-15(23)17(14)24/h2-4,7,10,13H,5-6,8-9,11-12H2,1H3,(H,27,28)/t13-/m0/s1. The Hall–Kier alpha value is -2.35. The Morgan fingerprint density at radius 1 is 1.23 bits per heavy atom. The van der Waals surface area contributed by atoms with E-state index in [0.717, 1.165) is 67.2 Å². The summed E-state index contributed by atoms with van der Waals surface area (Å²) in [6, 6.07) is 5.56. The van der Waals surface area contributed by atoms with Gasteiger partial charge in [0.05, 0.1) is 33.8 Å². The van der Waals surface area contributed by atoms with Gasteiger partial charge in [0.1, 0.15) is 0 Å². The van der Waals surface area contributed by atoms with Crippen LogP contribution in [0.3, 0.4) is 0 Å². The van der Waals surface area contributed by atoms with E-state index in [1.54, 1.807) is 12.3 Å². The number of ether oxygens (including phenoxy) is 1. The van der Waals surface area contributed by atoms with Crippen LogP contribution < -0.4 is 4.90 Å². The fourth-order valence-corrected chi connectivity index (χ4v) is 5.51. The molecule has 0 amide bonds. The summed E-state index contributed by atoms with van der Waals surface area (Å²) >= 11 is 12.7. The highest BCUT2D eigenvalue weighted by atomic mass is 35.5. The minimum atomic E-state index is 0.316. The molecule has 4 aromatic rings. The van der Waals surface area contributed by atoms with Gasteiger partial charge in [-0.3, -0.25) is 9.50 Å². The number of nitrogens with zero attached hydrogens (tertiary/aromatic N) is 5. The fraction of sp³-hybridized carbons (Fsp3) is 0.409. The van der Waals surface area contributed by atoms with Crippen LogP contribution in [0.5, 0.6) is 0 Å². The van der Waals surface area contributed by atoms with Crippen LogP contribution in [0.1, 0.15) is 26.2 Å². The van der Waals surface area contributed by atoms with Crippen molar-refractivity contribution in [1.29, 1.82) is 0 Å². The van der Waals surface area contributed by atoms with Crippen LogP contribution in [0.25, 0.3) is 27.9 Å². The average Bonchev–Trinajstić information content (AvgIpc) is 3.49. The molecule has 2 aliphatic rings. The molecule has 0 unspecified atom stereocenters. The minimum absolute atomic E-state index is 0.316. The van der Waals surface area contributed by atoms with E-state index in [2.05, 4.69) is 27.0 Å². The molecular weight excluding hydrogens is 435 g/mol. The van der Waals surface area contributed by atoms with Gasteiger partial charge in [-0.25, -0.2) is 4.98 Å². The van der Waals surface area contributed by atoms with Gasteiger partial charge < -0.3 is 9.64 Å². The van der Waals surface area contributed by atoms with Gasteiger partial charge in [-0.05, 0) is 37.7 Å². The van der Waals surface area contributed by atoms with Gasteiger partial charge in [0.15, 0.2) is 11.3 Å². The Balaban J connectivity index is 1.42. The SMILES string of the molecule is C[C@H]1CC2(CCN(c3nc4n[nH]c(-c5cccc(Cl)c5Cl)c4c4nccn34)CC2)CO1. The molecule has 1 spiro atoms. The number of aromatic nitrogens is 5. The first kappa shape index (κ1) is 19.3. The number of fused-ring (bicyclic) bond motifs is 3. The zero-order chi connectivity index (χ0) is 21.2. The van der Waals surface area contributed by atoms with Crippen molar-refractivity contribution in [1.82, 2.24) is 24.6 Å². The number of hydrogen-bond donors (Lipinski definition) is 1. The summed E-state index contributed by atoms with van der Waals surface area (Å²) in [5.41, 5.74) is 3.30. The van der Waals surface area contributed by atoms with Gasteiger partial charge in [0.2, 0.25) is 5.95 Å². The number of rotatable bonds is 2. The van der Waals surface area contributed by atoms with Crippen molar-refractivity contribution < 1.29 is 4.74 Å². The fourth-order valence-electron chi connectivity index (χ4n) is 5.11. The van der Waals surface area contributed by atoms with Gasteiger partial charge in [-0.15, -0.1) is 0 Å². The predicted molar refractivity (Wildman–Crippen MR) is 122 cm³/mol. The zero-order valence-electron chi connectivity index (χ0n) is 17.1. The molecule has 1 aromatic carbocycles. The van der Waals surface area contributed by atoms with E-state index < -0.39 is 0 Å². The number of nitrogens with one attached hydrogen (secondary N) is 1. The number of aromatic amines is 1. The van der Waals surface area contributed by atoms with Gasteiger partial charge in [0.25, 0.3) is 0 Å². The van der Waals surface area contributed by atoms with Crippen molar-refractivity contribution in [2.75, 3.05) is 24.6 Å². The lowest BCUT2D eigenvalue weighted by atomic mass is 9.77. The van der Waals surface area contributed by atoms with Crippen LogP contribution >= 0.6 is 23.2 Å². The Morgan fingerprint density at radius 3 is 2.84 bits per heavy atom. The van der Waals surface area contributed by atoms with E-state index in [0.29, 0.717) is 27.2 Å². The molecule has 9 heteroatoms. The Morgan fingerprint density at radius 2 is 2.06 bits per heavy atom. The number of hydrogen-bond acceptors (Lipinski definition) is 5. The van der Waals surface area contributed by atoms with E-state index in [9.17, 15) is 0 Å². The highest BCUT2D eigenvalue weighted by molar-refractivity contribution is 6.43. The first-order valence-corrected chi connectivity index (χ1v) is 11.3. The lowest BCUT2D eigenvalue weighted by molar-refractivity contribution is 0.0975. The highest BCUT2D eigenvalue weighted by Gasteiger charge is 2.41. The summed E-state index contributed by atoms with van der Waals surface area (Å²) < 4.78 is 7.93. The maximum absolute atomic E-state index is 6.49. The lowest BCUT2D eigenvalue weighted by Gasteiger charge is -2.38. The molecule has 2 fully saturated rings. The Bertz CT molecular complexity index is 1290. The van der Waals surface area contributed by atoms with Gasteiger partial charge in [0, 0.05) is 31.0 Å². The molecule has 3 aromatic heterocycles. The van der Waals surface area contributed by atoms with Crippen molar-refractivity contribution >= 4 is 45.8 Å². The molecule has 2 saturated heterocycles. The highest BCUT2D eigenvalue weighted by Crippen LogP contribution is 2.43. The van der Waals surface area contributed by atoms with E-state index in [1.807, 2.05) is 22.7 Å². The van der Waals surface area contributed by atoms with Crippen molar-refractivity contribution in [3.63, 3.8) is 0 Å². The number of anilines is 1. The molecule has 2 aliphatic heterocycles. The smallest absolute Gasteiger partial charge is 0.213 e. The molecule has 0 saturated carbocycles. The monoisotopic (exact) mass is 456 g/mol. The van der Waals surface area contributed by atoms with Gasteiger partial charge in [-0.1, -0.05) is 35.3 Å². The molecule has 7 nitrogen and oxygen atoms in total. The third kappa shape index (κ3) is 3.02. The lowest BCUT2D eigenvalue weighted by Crippen LogP contribution is -2.41. The molecule has 1 N–H and O–H groups in total. The number of halogens is 2. The summed E-state index contributed by atoms with van der Waals surface area (Å²) in [5, 5.41) is 9.42. The van der Waals surface area contributed by atoms with Crippen molar-refractivity contribution in [2.45, 2.75) is 32.3 Å². The first-order chi connectivity index (χ1) is 15.0. The van der Waals surface area contributed by atoms with Gasteiger partial charge >= 0.3 is 0 Å². The molecule has 5 heterocycles. The third-order valence-corrected chi connectivity index (χ3v) is 7.57. The maximum Gasteiger partial charge on any atom is 0.213 e. The molecule has 31 heavy (non-hydrogen) atoms. The third-order valence-electron chi connectivity index (χ3n) is 6.76. The maximum atomic E-state index is 6.49. The summed E-state index contributed by atoms with van der Waals surface area (Å²) in [5.74, 6) is 0.872. The van der Waals surface area contributed by atoms with Crippen molar-refractivity contribution in [3.05, 3.63) is 40.6 Å². The molecule has 160 valence electrons. The minimum Gasteiger partial charge on any atom is -0.378 e. The predicted octanol–water partition coefficient (Wildman–Crippen LogP) is 4.97. The van der Waals surface area contributed by atoms with E-state index in [1.165, 1.54) is 0 Å². The van der Waals surface area contributed by atoms with Crippen molar-refractivity contribution in [2.24, 2.45) is 5.41 Å². The summed E-state index contributed by atoms with van der Waals surface area (Å²) in [6.07, 6.45) is 7.49. The Kier molecular flexibility index (Phi) is 4.42. The second-order valence-electron chi connectivity index (χ2n) is 8.74. The topological polar surface area (TPSA) is 71.3 Å². The molecule has 0 bridgehead atoms. The molecule has 0 aliphatic carbocycles. The van der Waals surface area contributed by atoms with Gasteiger partial charge in [-0.2, -0.15) is 10.1 Å². The van der Waals surface area contributed by atoms with E-state index in [-0.39, 0.29) is 0 Å². The second kappa shape index (κ2) is 7.08. The molecule has 6 rings (SSSR count). The summed E-state index contributed by atoms with van der Waals surface area (Å²) in [7, 11) is 0. The quantitative estimate of drug-likeness (QED) is 0.460. The molecule has 1 atom stereocenters. The van der Waals surface area contributed by atoms with Crippen LogP contribution in [-0.4, -0.2) is 50.4 Å². The van der Waals surface area contributed by atoms with E-state index >= 15 is 0 Å². The van der Waals surface area contributed by atoms with Crippen LogP contribution in [0.4, 0.5) is 5.95 Å². The first-order valence-electron chi connectivity index (χ1n) is 10.6. The number of benzene rings is 1. The summed E-state index contributed by atoms with van der Waals surface area (Å²) in [4.78, 5) is 11.9. The Labute approximate surface area is 189 Å². The van der Waals surface area contributed by atoms with Crippen molar-refractivity contribution in [3.8, 4) is 11.3 Å². The number of piperidine rings is 1. The number of H-pyrrole nitrogens is 1. The number of imidazole rings is 1. The van der Waals surface area contributed by atoms with E-state index in [4.69, 9.17) is 32.9 Å².